The lowest BCUT2D eigenvalue weighted by Gasteiger charge is -2.12. The average Bonchev–Trinajstić information content (AvgIpc) is 2.55. The third kappa shape index (κ3) is 3.65. The maximum atomic E-state index is 13.7. The Bertz CT molecular complexity index is 880. The molecule has 0 aromatic heterocycles. The predicted molar refractivity (Wildman–Crippen MR) is 86.3 cm³/mol. The number of sulfonamides is 1. The molecule has 0 saturated heterocycles. The van der Waals surface area contributed by atoms with Crippen molar-refractivity contribution in [1.82, 2.24) is 0 Å². The first-order valence-electron chi connectivity index (χ1n) is 6.84. The third-order valence-corrected chi connectivity index (χ3v) is 4.70. The fourth-order valence-electron chi connectivity index (χ4n) is 1.99. The highest BCUT2D eigenvalue weighted by molar-refractivity contribution is 7.92. The fourth-order valence-corrected chi connectivity index (χ4v) is 3.13. The molecular formula is C16H16FNO5S. The van der Waals surface area contributed by atoms with Crippen LogP contribution in [0.5, 0.6) is 5.75 Å². The largest absolute Gasteiger partial charge is 0.494 e. The smallest absolute Gasteiger partial charge is 0.337 e. The molecule has 0 fully saturated rings. The van der Waals surface area contributed by atoms with E-state index >= 15 is 0 Å². The molecule has 2 rings (SSSR count). The van der Waals surface area contributed by atoms with Crippen molar-refractivity contribution in [1.29, 1.82) is 0 Å². The number of methoxy groups -OCH3 is 2. The van der Waals surface area contributed by atoms with Crippen molar-refractivity contribution in [3.63, 3.8) is 0 Å². The summed E-state index contributed by atoms with van der Waals surface area (Å²) in [6.45, 7) is 1.67. The second-order valence-corrected chi connectivity index (χ2v) is 6.61. The van der Waals surface area contributed by atoms with Gasteiger partial charge in [0.05, 0.1) is 30.4 Å². The summed E-state index contributed by atoms with van der Waals surface area (Å²) in [5.41, 5.74) is 0.996. The number of aryl methyl sites for hydroxylation is 1. The molecule has 0 atom stereocenters. The number of anilines is 1. The van der Waals surface area contributed by atoms with Gasteiger partial charge in [-0.05, 0) is 42.8 Å². The van der Waals surface area contributed by atoms with Gasteiger partial charge in [-0.1, -0.05) is 6.07 Å². The molecule has 2 aromatic rings. The number of halogens is 1. The van der Waals surface area contributed by atoms with E-state index in [0.717, 1.165) is 6.07 Å². The molecule has 0 amide bonds. The molecule has 0 radical (unpaired) electrons. The summed E-state index contributed by atoms with van der Waals surface area (Å²) in [5, 5.41) is 0. The van der Waals surface area contributed by atoms with Crippen molar-refractivity contribution in [2.75, 3.05) is 18.9 Å². The molecule has 0 spiro atoms. The van der Waals surface area contributed by atoms with Crippen molar-refractivity contribution in [2.45, 2.75) is 11.8 Å². The Kier molecular flexibility index (Phi) is 5.08. The summed E-state index contributed by atoms with van der Waals surface area (Å²) in [6.07, 6.45) is 0. The molecule has 2 aromatic carbocycles. The van der Waals surface area contributed by atoms with Crippen molar-refractivity contribution in [3.8, 4) is 5.75 Å². The van der Waals surface area contributed by atoms with Crippen LogP contribution in [0.2, 0.25) is 0 Å². The number of hydrogen-bond donors (Lipinski definition) is 1. The molecule has 0 unspecified atom stereocenters. The van der Waals surface area contributed by atoms with E-state index in [4.69, 9.17) is 4.74 Å². The Labute approximate surface area is 139 Å². The summed E-state index contributed by atoms with van der Waals surface area (Å²) in [7, 11) is -1.52. The van der Waals surface area contributed by atoms with E-state index in [1.807, 2.05) is 0 Å². The highest BCUT2D eigenvalue weighted by Gasteiger charge is 2.19. The van der Waals surface area contributed by atoms with Gasteiger partial charge in [-0.2, -0.15) is 0 Å². The van der Waals surface area contributed by atoms with Crippen molar-refractivity contribution in [2.24, 2.45) is 0 Å². The number of rotatable bonds is 5. The topological polar surface area (TPSA) is 81.7 Å². The monoisotopic (exact) mass is 353 g/mol. The van der Waals surface area contributed by atoms with Gasteiger partial charge in [0.25, 0.3) is 10.0 Å². The normalized spacial score (nSPS) is 11.0. The first kappa shape index (κ1) is 17.7. The van der Waals surface area contributed by atoms with E-state index in [1.165, 1.54) is 38.5 Å². The maximum Gasteiger partial charge on any atom is 0.337 e. The second kappa shape index (κ2) is 6.88. The lowest BCUT2D eigenvalue weighted by Crippen LogP contribution is -2.15. The first-order valence-corrected chi connectivity index (χ1v) is 8.32. The zero-order valence-electron chi connectivity index (χ0n) is 13.3. The van der Waals surface area contributed by atoms with Crippen LogP contribution in [0.15, 0.2) is 41.3 Å². The third-order valence-electron chi connectivity index (χ3n) is 3.34. The van der Waals surface area contributed by atoms with Crippen molar-refractivity contribution >= 4 is 21.7 Å². The van der Waals surface area contributed by atoms with Gasteiger partial charge >= 0.3 is 5.97 Å². The molecule has 0 bridgehead atoms. The van der Waals surface area contributed by atoms with E-state index in [2.05, 4.69) is 9.46 Å². The van der Waals surface area contributed by atoms with E-state index in [0.29, 0.717) is 5.56 Å². The Morgan fingerprint density at radius 1 is 1.12 bits per heavy atom. The Hall–Kier alpha value is -2.61. The van der Waals surface area contributed by atoms with Crippen LogP contribution in [-0.2, 0) is 14.8 Å². The van der Waals surface area contributed by atoms with Gasteiger partial charge in [0.1, 0.15) is 0 Å². The lowest BCUT2D eigenvalue weighted by molar-refractivity contribution is 0.0601. The number of esters is 1. The van der Waals surface area contributed by atoms with Crippen LogP contribution in [-0.4, -0.2) is 28.6 Å². The van der Waals surface area contributed by atoms with Crippen molar-refractivity contribution < 1.29 is 27.1 Å². The first-order chi connectivity index (χ1) is 11.3. The Balaban J connectivity index is 2.39. The van der Waals surface area contributed by atoms with Gasteiger partial charge in [-0.15, -0.1) is 0 Å². The summed E-state index contributed by atoms with van der Waals surface area (Å²) >= 11 is 0. The van der Waals surface area contributed by atoms with E-state index in [9.17, 15) is 17.6 Å². The number of nitrogens with one attached hydrogen (secondary N) is 1. The zero-order chi connectivity index (χ0) is 17.9. The highest BCUT2D eigenvalue weighted by Crippen LogP contribution is 2.24. The van der Waals surface area contributed by atoms with Gasteiger partial charge in [0, 0.05) is 0 Å². The summed E-state index contributed by atoms with van der Waals surface area (Å²) in [5.74, 6) is -1.44. The van der Waals surface area contributed by atoms with Crippen LogP contribution in [0.3, 0.4) is 0 Å². The van der Waals surface area contributed by atoms with Crippen molar-refractivity contribution in [3.05, 3.63) is 53.3 Å². The minimum Gasteiger partial charge on any atom is -0.494 e. The fraction of sp³-hybridized carbons (Fsp3) is 0.188. The van der Waals surface area contributed by atoms with Crippen LogP contribution in [0, 0.1) is 12.7 Å². The quantitative estimate of drug-likeness (QED) is 0.836. The van der Waals surface area contributed by atoms with E-state index < -0.39 is 21.8 Å². The highest BCUT2D eigenvalue weighted by atomic mass is 32.2. The van der Waals surface area contributed by atoms with Crippen LogP contribution < -0.4 is 9.46 Å². The number of carbonyl (C=O) groups excluding carboxylic acids is 1. The molecular weight excluding hydrogens is 337 g/mol. The molecule has 6 nitrogen and oxygen atoms in total. The average molecular weight is 353 g/mol. The molecule has 0 heterocycles. The molecule has 128 valence electrons. The number of ether oxygens (including phenoxy) is 2. The molecule has 0 aliphatic heterocycles. The minimum atomic E-state index is -4.03. The van der Waals surface area contributed by atoms with E-state index in [1.54, 1.807) is 13.0 Å². The SMILES string of the molecule is COC(=O)c1ccc(C)c(NS(=O)(=O)c2ccc(OC)c(F)c2)c1. The zero-order valence-corrected chi connectivity index (χ0v) is 14.1. The van der Waals surface area contributed by atoms with E-state index in [-0.39, 0.29) is 21.9 Å². The number of carbonyl (C=O) groups is 1. The predicted octanol–water partition coefficient (Wildman–Crippen LogP) is 2.73. The molecule has 0 aliphatic rings. The molecule has 24 heavy (non-hydrogen) atoms. The minimum absolute atomic E-state index is 0.0576. The van der Waals surface area contributed by atoms with Gasteiger partial charge in [-0.25, -0.2) is 17.6 Å². The maximum absolute atomic E-state index is 13.7. The summed E-state index contributed by atoms with van der Waals surface area (Å²) < 4.78 is 50.3. The van der Waals surface area contributed by atoms with Gasteiger partial charge in [0.15, 0.2) is 11.6 Å². The van der Waals surface area contributed by atoms with Gasteiger partial charge in [-0.3, -0.25) is 4.72 Å². The number of hydrogen-bond acceptors (Lipinski definition) is 5. The standard InChI is InChI=1S/C16H16FNO5S/c1-10-4-5-11(16(19)23-3)8-14(10)18-24(20,21)12-6-7-15(22-2)13(17)9-12/h4-9,18H,1-3H3. The van der Waals surface area contributed by atoms with Crippen LogP contribution in [0.25, 0.3) is 0 Å². The van der Waals surface area contributed by atoms with Crippen LogP contribution >= 0.6 is 0 Å². The summed E-state index contributed by atoms with van der Waals surface area (Å²) in [6, 6.07) is 7.77. The Morgan fingerprint density at radius 3 is 2.42 bits per heavy atom. The number of benzene rings is 2. The van der Waals surface area contributed by atoms with Gasteiger partial charge in [0.2, 0.25) is 0 Å². The second-order valence-electron chi connectivity index (χ2n) is 4.92. The summed E-state index contributed by atoms with van der Waals surface area (Å²) in [4.78, 5) is 11.3. The van der Waals surface area contributed by atoms with Gasteiger partial charge < -0.3 is 9.47 Å². The van der Waals surface area contributed by atoms with Crippen LogP contribution in [0.1, 0.15) is 15.9 Å². The molecule has 1 N–H and O–H groups in total. The van der Waals surface area contributed by atoms with Crippen LogP contribution in [0.4, 0.5) is 10.1 Å². The Morgan fingerprint density at radius 2 is 1.83 bits per heavy atom. The lowest BCUT2D eigenvalue weighted by atomic mass is 10.1. The molecule has 0 saturated carbocycles. The molecule has 0 aliphatic carbocycles. The molecule has 8 heteroatoms.